The van der Waals surface area contributed by atoms with Crippen molar-refractivity contribution in [2.24, 2.45) is 0 Å². The highest BCUT2D eigenvalue weighted by atomic mass is 35.5. The number of aryl methyl sites for hydroxylation is 1. The van der Waals surface area contributed by atoms with E-state index in [2.05, 4.69) is 4.72 Å². The SMILES string of the molecule is Cc1cccc(NS(=O)(=O)c2ccc(Cl)c(C(=O)N(C)CCC(F)(F)F)c2)c1. The molecule has 0 aliphatic heterocycles. The van der Waals surface area contributed by atoms with E-state index in [1.165, 1.54) is 19.2 Å². The number of halogens is 4. The normalized spacial score (nSPS) is 11.9. The van der Waals surface area contributed by atoms with Crippen molar-refractivity contribution in [1.82, 2.24) is 4.90 Å². The summed E-state index contributed by atoms with van der Waals surface area (Å²) >= 11 is 5.97. The van der Waals surface area contributed by atoms with E-state index in [-0.39, 0.29) is 15.5 Å². The molecular weight excluding hydrogens is 417 g/mol. The van der Waals surface area contributed by atoms with Gasteiger partial charge in [0.25, 0.3) is 15.9 Å². The monoisotopic (exact) mass is 434 g/mol. The summed E-state index contributed by atoms with van der Waals surface area (Å²) in [5.41, 5.74) is 0.988. The number of nitrogens with one attached hydrogen (secondary N) is 1. The zero-order valence-electron chi connectivity index (χ0n) is 15.0. The Morgan fingerprint density at radius 2 is 1.86 bits per heavy atom. The number of rotatable bonds is 6. The van der Waals surface area contributed by atoms with Crippen LogP contribution in [0.15, 0.2) is 47.4 Å². The second kappa shape index (κ2) is 8.40. The predicted octanol–water partition coefficient (Wildman–Crippen LogP) is 4.47. The van der Waals surface area contributed by atoms with E-state index in [0.717, 1.165) is 16.5 Å². The van der Waals surface area contributed by atoms with Crippen LogP contribution in [0.4, 0.5) is 18.9 Å². The molecule has 2 aromatic rings. The number of amides is 1. The van der Waals surface area contributed by atoms with Gasteiger partial charge in [-0.05, 0) is 42.8 Å². The van der Waals surface area contributed by atoms with Crippen LogP contribution in [-0.2, 0) is 10.0 Å². The number of benzene rings is 2. The van der Waals surface area contributed by atoms with Gasteiger partial charge in [-0.2, -0.15) is 13.2 Å². The van der Waals surface area contributed by atoms with E-state index in [1.54, 1.807) is 31.2 Å². The maximum Gasteiger partial charge on any atom is 0.390 e. The highest BCUT2D eigenvalue weighted by Gasteiger charge is 2.29. The summed E-state index contributed by atoms with van der Waals surface area (Å²) in [4.78, 5) is 13.0. The number of hydrogen-bond donors (Lipinski definition) is 1. The molecule has 0 aliphatic rings. The third-order valence-corrected chi connectivity index (χ3v) is 5.53. The molecule has 0 aromatic heterocycles. The third-order valence-electron chi connectivity index (χ3n) is 3.83. The number of anilines is 1. The Morgan fingerprint density at radius 1 is 1.18 bits per heavy atom. The van der Waals surface area contributed by atoms with Crippen LogP contribution in [-0.4, -0.2) is 39.0 Å². The van der Waals surface area contributed by atoms with Crippen LogP contribution in [0.25, 0.3) is 0 Å². The van der Waals surface area contributed by atoms with Gasteiger partial charge in [-0.25, -0.2) is 8.42 Å². The van der Waals surface area contributed by atoms with Gasteiger partial charge in [-0.1, -0.05) is 23.7 Å². The van der Waals surface area contributed by atoms with Gasteiger partial charge in [0.05, 0.1) is 21.9 Å². The van der Waals surface area contributed by atoms with Gasteiger partial charge >= 0.3 is 6.18 Å². The summed E-state index contributed by atoms with van der Waals surface area (Å²) in [6.07, 6.45) is -5.60. The molecule has 2 rings (SSSR count). The van der Waals surface area contributed by atoms with Crippen LogP contribution < -0.4 is 4.72 Å². The Balaban J connectivity index is 2.27. The summed E-state index contributed by atoms with van der Waals surface area (Å²) in [5, 5.41) is -0.0571. The van der Waals surface area contributed by atoms with E-state index in [1.807, 2.05) is 0 Å². The number of sulfonamides is 1. The minimum atomic E-state index is -4.42. The number of carbonyl (C=O) groups is 1. The molecule has 0 saturated carbocycles. The van der Waals surface area contributed by atoms with E-state index in [4.69, 9.17) is 11.6 Å². The molecule has 1 N–H and O–H groups in total. The summed E-state index contributed by atoms with van der Waals surface area (Å²) in [5.74, 6) is -0.804. The van der Waals surface area contributed by atoms with Crippen LogP contribution >= 0.6 is 11.6 Å². The lowest BCUT2D eigenvalue weighted by Crippen LogP contribution is -2.31. The number of nitrogens with zero attached hydrogens (tertiary/aromatic N) is 1. The summed E-state index contributed by atoms with van der Waals surface area (Å²) in [6, 6.07) is 10.2. The van der Waals surface area contributed by atoms with Crippen molar-refractivity contribution in [3.63, 3.8) is 0 Å². The molecule has 0 atom stereocenters. The van der Waals surface area contributed by atoms with Gasteiger partial charge in [-0.15, -0.1) is 0 Å². The smallest absolute Gasteiger partial charge is 0.341 e. The van der Waals surface area contributed by atoms with Crippen molar-refractivity contribution in [2.45, 2.75) is 24.4 Å². The van der Waals surface area contributed by atoms with Gasteiger partial charge in [0.1, 0.15) is 0 Å². The van der Waals surface area contributed by atoms with Crippen molar-refractivity contribution in [2.75, 3.05) is 18.3 Å². The molecule has 0 saturated heterocycles. The lowest BCUT2D eigenvalue weighted by Gasteiger charge is -2.19. The van der Waals surface area contributed by atoms with E-state index in [9.17, 15) is 26.4 Å². The van der Waals surface area contributed by atoms with Gasteiger partial charge in [0.2, 0.25) is 0 Å². The number of carbonyl (C=O) groups excluding carboxylic acids is 1. The molecule has 0 spiro atoms. The molecule has 2 aromatic carbocycles. The van der Waals surface area contributed by atoms with Crippen molar-refractivity contribution in [3.05, 3.63) is 58.6 Å². The van der Waals surface area contributed by atoms with Gasteiger partial charge < -0.3 is 4.90 Å². The summed E-state index contributed by atoms with van der Waals surface area (Å²) in [6.45, 7) is 1.23. The second-order valence-electron chi connectivity index (χ2n) is 6.21. The Labute approximate surface area is 166 Å². The molecular formula is C18H18ClF3N2O3S. The van der Waals surface area contributed by atoms with Crippen LogP contribution in [0.1, 0.15) is 22.3 Å². The fraction of sp³-hybridized carbons (Fsp3) is 0.278. The molecule has 0 unspecified atom stereocenters. The third kappa shape index (κ3) is 5.87. The predicted molar refractivity (Wildman–Crippen MR) is 101 cm³/mol. The Hall–Kier alpha value is -2.26. The maximum atomic E-state index is 12.6. The molecule has 10 heteroatoms. The van der Waals surface area contributed by atoms with Crippen LogP contribution in [0, 0.1) is 6.92 Å². The molecule has 0 radical (unpaired) electrons. The zero-order chi connectivity index (χ0) is 21.1. The summed E-state index contributed by atoms with van der Waals surface area (Å²) in [7, 11) is -2.83. The molecule has 1 amide bonds. The lowest BCUT2D eigenvalue weighted by atomic mass is 10.2. The summed E-state index contributed by atoms with van der Waals surface area (Å²) < 4.78 is 64.7. The maximum absolute atomic E-state index is 12.6. The first-order valence-corrected chi connectivity index (χ1v) is 9.96. The van der Waals surface area contributed by atoms with E-state index in [0.29, 0.717) is 5.69 Å². The van der Waals surface area contributed by atoms with Crippen LogP contribution in [0.3, 0.4) is 0 Å². The first kappa shape index (κ1) is 22.0. The Bertz CT molecular complexity index is 978. The number of alkyl halides is 3. The minimum Gasteiger partial charge on any atom is -0.341 e. The highest BCUT2D eigenvalue weighted by molar-refractivity contribution is 7.92. The molecule has 0 fully saturated rings. The first-order valence-electron chi connectivity index (χ1n) is 8.10. The van der Waals surface area contributed by atoms with E-state index >= 15 is 0 Å². The minimum absolute atomic E-state index is 0.0571. The van der Waals surface area contributed by atoms with Gasteiger partial charge in [-0.3, -0.25) is 9.52 Å². The van der Waals surface area contributed by atoms with Crippen molar-refractivity contribution in [3.8, 4) is 0 Å². The van der Waals surface area contributed by atoms with Gasteiger partial charge in [0, 0.05) is 19.3 Å². The molecule has 0 aliphatic carbocycles. The highest BCUT2D eigenvalue weighted by Crippen LogP contribution is 2.25. The van der Waals surface area contributed by atoms with Crippen molar-refractivity contribution >= 4 is 33.2 Å². The van der Waals surface area contributed by atoms with E-state index < -0.39 is 35.1 Å². The molecule has 28 heavy (non-hydrogen) atoms. The van der Waals surface area contributed by atoms with Crippen LogP contribution in [0.2, 0.25) is 5.02 Å². The first-order chi connectivity index (χ1) is 12.9. The number of hydrogen-bond acceptors (Lipinski definition) is 3. The fourth-order valence-electron chi connectivity index (χ4n) is 2.36. The molecule has 152 valence electrons. The topological polar surface area (TPSA) is 66.5 Å². The standard InChI is InChI=1S/C18H18ClF3N2O3S/c1-12-4-3-5-13(10-12)23-28(26,27)14-6-7-16(19)15(11-14)17(25)24(2)9-8-18(20,21)22/h3-7,10-11,23H,8-9H2,1-2H3. The Kier molecular flexibility index (Phi) is 6.61. The van der Waals surface area contributed by atoms with Crippen molar-refractivity contribution < 1.29 is 26.4 Å². The zero-order valence-corrected chi connectivity index (χ0v) is 16.6. The van der Waals surface area contributed by atoms with Crippen LogP contribution in [0.5, 0.6) is 0 Å². The fourth-order valence-corrected chi connectivity index (χ4v) is 3.63. The van der Waals surface area contributed by atoms with Gasteiger partial charge in [0.15, 0.2) is 0 Å². The average molecular weight is 435 g/mol. The Morgan fingerprint density at radius 3 is 2.46 bits per heavy atom. The molecule has 5 nitrogen and oxygen atoms in total. The lowest BCUT2D eigenvalue weighted by molar-refractivity contribution is -0.136. The molecule has 0 heterocycles. The largest absolute Gasteiger partial charge is 0.390 e. The van der Waals surface area contributed by atoms with Crippen molar-refractivity contribution in [1.29, 1.82) is 0 Å². The molecule has 0 bridgehead atoms. The second-order valence-corrected chi connectivity index (χ2v) is 8.30. The quantitative estimate of drug-likeness (QED) is 0.729. The average Bonchev–Trinajstić information content (AvgIpc) is 2.58.